The van der Waals surface area contributed by atoms with Gasteiger partial charge in [0.2, 0.25) is 0 Å². The Balaban J connectivity index is 1.31. The van der Waals surface area contributed by atoms with Crippen LogP contribution in [0, 0.1) is 0 Å². The predicted molar refractivity (Wildman–Crippen MR) is 275 cm³/mol. The maximum absolute atomic E-state index is 2.80. The summed E-state index contributed by atoms with van der Waals surface area (Å²) < 4.78 is 5.51. The van der Waals surface area contributed by atoms with E-state index in [0.29, 0.717) is 35.5 Å². The zero-order valence-corrected chi connectivity index (χ0v) is 39.8. The second-order valence-corrected chi connectivity index (χ2v) is 22.0. The molecule has 0 radical (unpaired) electrons. The molecule has 2 aromatic heterocycles. The van der Waals surface area contributed by atoms with Gasteiger partial charge in [0.05, 0.1) is 16.4 Å². The number of hydrogen-bond acceptors (Lipinski definition) is 0. The predicted octanol–water partition coefficient (Wildman–Crippen LogP) is 14.4. The Kier molecular flexibility index (Phi) is 7.68. The quantitative estimate of drug-likeness (QED) is 0.148. The van der Waals surface area contributed by atoms with Crippen molar-refractivity contribution in [1.82, 2.24) is 9.13 Å². The minimum atomic E-state index is -0.512. The maximum Gasteiger partial charge on any atom is 0.252 e. The molecule has 3 heteroatoms. The molecule has 13 rings (SSSR count). The van der Waals surface area contributed by atoms with Crippen LogP contribution in [-0.4, -0.2) is 15.8 Å². The number of aromatic nitrogens is 2. The van der Waals surface area contributed by atoms with Crippen LogP contribution >= 0.6 is 0 Å². The molecular formula is C61H59BN2. The van der Waals surface area contributed by atoms with Crippen molar-refractivity contribution >= 4 is 66.7 Å². The molecule has 316 valence electrons. The van der Waals surface area contributed by atoms with Crippen LogP contribution in [0.2, 0.25) is 0 Å². The van der Waals surface area contributed by atoms with Crippen LogP contribution in [0.1, 0.15) is 174 Å². The van der Waals surface area contributed by atoms with E-state index in [4.69, 9.17) is 0 Å². The summed E-state index contributed by atoms with van der Waals surface area (Å²) in [6.45, 7) is 28.5. The van der Waals surface area contributed by atoms with Crippen LogP contribution in [0.5, 0.6) is 0 Å². The Bertz CT molecular complexity index is 3520. The topological polar surface area (TPSA) is 9.86 Å². The van der Waals surface area contributed by atoms with E-state index in [2.05, 4.69) is 195 Å². The third kappa shape index (κ3) is 4.50. The number of rotatable bonds is 6. The molecule has 0 amide bonds. The third-order valence-corrected chi connectivity index (χ3v) is 16.5. The van der Waals surface area contributed by atoms with Crippen molar-refractivity contribution in [3.8, 4) is 22.5 Å². The van der Waals surface area contributed by atoms with Gasteiger partial charge in [-0.25, -0.2) is 0 Å². The normalized spacial score (nSPS) is 14.9. The van der Waals surface area contributed by atoms with Crippen LogP contribution in [0.3, 0.4) is 0 Å². The summed E-state index contributed by atoms with van der Waals surface area (Å²) in [6.07, 6.45) is 0. The molecular weight excluding hydrogens is 771 g/mol. The first-order chi connectivity index (χ1) is 30.7. The van der Waals surface area contributed by atoms with Crippen molar-refractivity contribution in [1.29, 1.82) is 0 Å². The van der Waals surface area contributed by atoms with Gasteiger partial charge in [-0.15, -0.1) is 0 Å². The smallest absolute Gasteiger partial charge is 0.252 e. The highest BCUT2D eigenvalue weighted by molar-refractivity contribution is 7.00. The Morgan fingerprint density at radius 3 is 1.58 bits per heavy atom. The first-order valence-corrected chi connectivity index (χ1v) is 24.5. The van der Waals surface area contributed by atoms with Gasteiger partial charge >= 0.3 is 0 Å². The summed E-state index contributed by atoms with van der Waals surface area (Å²) in [7, 11) is 0. The molecule has 4 aliphatic rings. The Labute approximate surface area is 379 Å². The summed E-state index contributed by atoms with van der Waals surface area (Å²) in [6, 6.07) is 43.0. The summed E-state index contributed by atoms with van der Waals surface area (Å²) in [5.74, 6) is 2.40. The zero-order valence-electron chi connectivity index (χ0n) is 39.8. The van der Waals surface area contributed by atoms with Gasteiger partial charge in [-0.1, -0.05) is 162 Å². The molecule has 5 heterocycles. The van der Waals surface area contributed by atoms with Crippen molar-refractivity contribution in [3.05, 3.63) is 159 Å². The molecule has 64 heavy (non-hydrogen) atoms. The fourth-order valence-corrected chi connectivity index (χ4v) is 13.2. The standard InChI is InChI=1S/C61H59BN2/c1-30(2)36-13-16-42-43-17-14-37(31(3)4)26-49(43)61(48(42)25-36)47-20-22-53-56-59(47)64-57-45(23-39(33(7)8)27-50(57)61)46-24-40(34(9)10)28-52(58(46)64)62(56)51-21-19-41(35(11)12)55-44-18-15-38(32(5)6)29-54(44)63(53)60(51)55/h13-35H,1-12H3. The van der Waals surface area contributed by atoms with Crippen molar-refractivity contribution in [2.24, 2.45) is 0 Å². The minimum Gasteiger partial charge on any atom is -0.310 e. The number of fused-ring (bicyclic) bond motifs is 14. The van der Waals surface area contributed by atoms with Gasteiger partial charge in [-0.05, 0) is 143 Å². The van der Waals surface area contributed by atoms with E-state index < -0.39 is 5.41 Å². The molecule has 3 aliphatic heterocycles. The third-order valence-electron chi connectivity index (χ3n) is 16.5. The van der Waals surface area contributed by atoms with E-state index in [1.807, 2.05) is 0 Å². The second kappa shape index (κ2) is 12.7. The molecule has 0 saturated heterocycles. The van der Waals surface area contributed by atoms with E-state index in [9.17, 15) is 0 Å². The summed E-state index contributed by atoms with van der Waals surface area (Å²) >= 11 is 0. The largest absolute Gasteiger partial charge is 0.310 e. The van der Waals surface area contributed by atoms with Crippen LogP contribution in [0.4, 0.5) is 0 Å². The number of hydrogen-bond donors (Lipinski definition) is 0. The first-order valence-electron chi connectivity index (χ1n) is 24.5. The lowest BCUT2D eigenvalue weighted by atomic mass is 9.33. The lowest BCUT2D eigenvalue weighted by Gasteiger charge is -2.44. The molecule has 0 unspecified atom stereocenters. The molecule has 0 N–H and O–H groups in total. The zero-order chi connectivity index (χ0) is 44.2. The Morgan fingerprint density at radius 2 is 0.969 bits per heavy atom. The molecule has 2 nitrogen and oxygen atoms in total. The summed E-state index contributed by atoms with van der Waals surface area (Å²) in [5.41, 5.74) is 29.2. The molecule has 0 fully saturated rings. The van der Waals surface area contributed by atoms with Gasteiger partial charge in [-0.3, -0.25) is 0 Å². The van der Waals surface area contributed by atoms with Crippen LogP contribution in [0.15, 0.2) is 103 Å². The highest BCUT2D eigenvalue weighted by Crippen LogP contribution is 2.62. The van der Waals surface area contributed by atoms with Gasteiger partial charge in [0, 0.05) is 44.0 Å². The van der Waals surface area contributed by atoms with Gasteiger partial charge in [0.15, 0.2) is 0 Å². The monoisotopic (exact) mass is 830 g/mol. The molecule has 1 aliphatic carbocycles. The Hall–Kier alpha value is -5.80. The van der Waals surface area contributed by atoms with Crippen molar-refractivity contribution in [3.63, 3.8) is 0 Å². The Morgan fingerprint density at radius 1 is 0.406 bits per heavy atom. The fraction of sp³-hybridized carbons (Fsp3) is 0.311. The lowest BCUT2D eigenvalue weighted by Crippen LogP contribution is -2.60. The van der Waals surface area contributed by atoms with Gasteiger partial charge in [0.25, 0.3) is 6.71 Å². The fourth-order valence-electron chi connectivity index (χ4n) is 13.2. The van der Waals surface area contributed by atoms with E-state index in [0.717, 1.165) is 0 Å². The average Bonchev–Trinajstić information content (AvgIpc) is 3.90. The van der Waals surface area contributed by atoms with Crippen molar-refractivity contribution < 1.29 is 0 Å². The summed E-state index contributed by atoms with van der Waals surface area (Å²) in [5, 5.41) is 5.63. The SMILES string of the molecule is CC(C)c1ccc2c(c1)C1(c3cc(C(C)C)ccc3-2)c2ccc3c4c2-n2c5c(cc(C(C)C)cc5c5cc(C(C)C)cc1c52)B4c1ccc(C(C)C)c2c4ccc(C(C)C)cc4n-3c12. The second-order valence-electron chi connectivity index (χ2n) is 22.0. The molecule has 0 bridgehead atoms. The van der Waals surface area contributed by atoms with Gasteiger partial charge in [0.1, 0.15) is 0 Å². The molecule has 0 saturated carbocycles. The van der Waals surface area contributed by atoms with Crippen molar-refractivity contribution in [2.75, 3.05) is 0 Å². The highest BCUT2D eigenvalue weighted by atomic mass is 15.1. The molecule has 9 aromatic rings. The lowest BCUT2D eigenvalue weighted by molar-refractivity contribution is 0.735. The maximum atomic E-state index is 2.80. The van der Waals surface area contributed by atoms with Gasteiger partial charge < -0.3 is 9.13 Å². The van der Waals surface area contributed by atoms with Crippen LogP contribution in [-0.2, 0) is 5.41 Å². The number of benzene rings is 7. The van der Waals surface area contributed by atoms with E-state index in [-0.39, 0.29) is 6.71 Å². The van der Waals surface area contributed by atoms with Crippen molar-refractivity contribution in [2.45, 2.75) is 124 Å². The summed E-state index contributed by atoms with van der Waals surface area (Å²) in [4.78, 5) is 0. The van der Waals surface area contributed by atoms with Gasteiger partial charge in [-0.2, -0.15) is 0 Å². The average molecular weight is 831 g/mol. The number of nitrogens with zero attached hydrogens (tertiary/aromatic N) is 2. The minimum absolute atomic E-state index is 0.0839. The highest BCUT2D eigenvalue weighted by Gasteiger charge is 2.55. The van der Waals surface area contributed by atoms with Crippen LogP contribution < -0.4 is 16.4 Å². The van der Waals surface area contributed by atoms with E-state index >= 15 is 0 Å². The molecule has 1 spiro atoms. The molecule has 7 aromatic carbocycles. The first kappa shape index (κ1) is 38.6. The van der Waals surface area contributed by atoms with E-state index in [1.54, 1.807) is 0 Å². The van der Waals surface area contributed by atoms with E-state index in [1.165, 1.54) is 138 Å². The molecule has 0 atom stereocenters. The van der Waals surface area contributed by atoms with Crippen LogP contribution in [0.25, 0.3) is 66.1 Å².